The number of nitrogens with zero attached hydrogens (tertiary/aromatic N) is 1. The number of nitrogens with one attached hydrogen (secondary N) is 2. The van der Waals surface area contributed by atoms with Crippen molar-refractivity contribution in [3.8, 4) is 11.5 Å². The van der Waals surface area contributed by atoms with Gasteiger partial charge in [-0.3, -0.25) is 14.4 Å². The normalized spacial score (nSPS) is 14.8. The van der Waals surface area contributed by atoms with Gasteiger partial charge in [0.2, 0.25) is 11.8 Å². The van der Waals surface area contributed by atoms with Crippen molar-refractivity contribution in [2.75, 3.05) is 27.3 Å². The highest BCUT2D eigenvalue weighted by Gasteiger charge is 2.29. The van der Waals surface area contributed by atoms with Crippen LogP contribution in [0.15, 0.2) is 48.5 Å². The molecular formula is C25H31N3O5. The van der Waals surface area contributed by atoms with E-state index in [1.807, 2.05) is 30.3 Å². The van der Waals surface area contributed by atoms with Crippen molar-refractivity contribution in [1.82, 2.24) is 15.5 Å². The van der Waals surface area contributed by atoms with Crippen LogP contribution in [0, 0.1) is 5.92 Å². The van der Waals surface area contributed by atoms with Crippen molar-refractivity contribution in [1.29, 1.82) is 0 Å². The molecule has 1 saturated heterocycles. The van der Waals surface area contributed by atoms with Gasteiger partial charge in [-0.1, -0.05) is 30.3 Å². The summed E-state index contributed by atoms with van der Waals surface area (Å²) in [5.74, 6) is 0.343. The Morgan fingerprint density at radius 3 is 2.18 bits per heavy atom. The lowest BCUT2D eigenvalue weighted by Gasteiger charge is -2.32. The first-order chi connectivity index (χ1) is 15.9. The van der Waals surface area contributed by atoms with E-state index in [1.165, 1.54) is 14.2 Å². The van der Waals surface area contributed by atoms with Crippen LogP contribution in [0.1, 0.15) is 35.7 Å². The van der Waals surface area contributed by atoms with Crippen molar-refractivity contribution >= 4 is 17.7 Å². The van der Waals surface area contributed by atoms with Crippen molar-refractivity contribution in [3.05, 3.63) is 59.7 Å². The Hall–Kier alpha value is -3.55. The number of hydrogen-bond acceptors (Lipinski definition) is 5. The summed E-state index contributed by atoms with van der Waals surface area (Å²) in [4.78, 5) is 39.7. The van der Waals surface area contributed by atoms with E-state index in [4.69, 9.17) is 9.47 Å². The highest BCUT2D eigenvalue weighted by Crippen LogP contribution is 2.25. The Kier molecular flexibility index (Phi) is 8.29. The number of methoxy groups -OCH3 is 2. The zero-order chi connectivity index (χ0) is 23.8. The molecule has 8 nitrogen and oxygen atoms in total. The number of piperidine rings is 1. The van der Waals surface area contributed by atoms with E-state index in [-0.39, 0.29) is 23.6 Å². The topological polar surface area (TPSA) is 97.0 Å². The second-order valence-corrected chi connectivity index (χ2v) is 8.10. The number of likely N-dealkylation sites (tertiary alicyclic amines) is 1. The fraction of sp³-hybridized carbons (Fsp3) is 0.400. The molecule has 2 aromatic rings. The van der Waals surface area contributed by atoms with Crippen LogP contribution < -0.4 is 20.1 Å². The predicted molar refractivity (Wildman–Crippen MR) is 124 cm³/mol. The van der Waals surface area contributed by atoms with E-state index in [0.717, 1.165) is 5.56 Å². The van der Waals surface area contributed by atoms with E-state index in [0.29, 0.717) is 49.5 Å². The Morgan fingerprint density at radius 2 is 1.61 bits per heavy atom. The lowest BCUT2D eigenvalue weighted by Crippen LogP contribution is -2.49. The summed E-state index contributed by atoms with van der Waals surface area (Å²) in [6.45, 7) is 3.01. The van der Waals surface area contributed by atoms with E-state index < -0.39 is 6.04 Å². The Morgan fingerprint density at radius 1 is 1.00 bits per heavy atom. The average Bonchev–Trinajstić information content (AvgIpc) is 2.86. The predicted octanol–water partition coefficient (Wildman–Crippen LogP) is 2.38. The monoisotopic (exact) mass is 453 g/mol. The van der Waals surface area contributed by atoms with Gasteiger partial charge in [-0.15, -0.1) is 0 Å². The molecule has 1 unspecified atom stereocenters. The number of carbonyl (C=O) groups is 3. The van der Waals surface area contributed by atoms with Crippen molar-refractivity contribution in [3.63, 3.8) is 0 Å². The standard InChI is InChI=1S/C25H31N3O5/c1-17(23(29)26-16-18-7-5-4-6-8-18)27-24(30)19-9-11-28(12-10-19)25(31)20-13-21(32-2)15-22(14-20)33-3/h4-8,13-15,17,19H,9-12,16H2,1-3H3,(H,26,29)(H,27,30). The van der Waals surface area contributed by atoms with E-state index in [9.17, 15) is 14.4 Å². The molecule has 0 bridgehead atoms. The van der Waals surface area contributed by atoms with Crippen LogP contribution in [0.2, 0.25) is 0 Å². The number of amides is 3. The molecule has 1 fully saturated rings. The second-order valence-electron chi connectivity index (χ2n) is 8.10. The molecule has 0 radical (unpaired) electrons. The maximum atomic E-state index is 12.9. The molecule has 0 aliphatic carbocycles. The molecule has 2 N–H and O–H groups in total. The Labute approximate surface area is 194 Å². The van der Waals surface area contributed by atoms with Crippen LogP contribution in [0.5, 0.6) is 11.5 Å². The number of hydrogen-bond donors (Lipinski definition) is 2. The summed E-state index contributed by atoms with van der Waals surface area (Å²) < 4.78 is 10.5. The fourth-order valence-electron chi connectivity index (χ4n) is 3.79. The summed E-state index contributed by atoms with van der Waals surface area (Å²) in [5.41, 5.74) is 1.48. The number of ether oxygens (including phenoxy) is 2. The molecule has 3 rings (SSSR count). The first kappa shape index (κ1) is 24.1. The Bertz CT molecular complexity index is 949. The smallest absolute Gasteiger partial charge is 0.254 e. The number of rotatable bonds is 8. The minimum Gasteiger partial charge on any atom is -0.497 e. The van der Waals surface area contributed by atoms with E-state index >= 15 is 0 Å². The van der Waals surface area contributed by atoms with Gasteiger partial charge in [-0.25, -0.2) is 0 Å². The Balaban J connectivity index is 1.48. The quantitative estimate of drug-likeness (QED) is 0.640. The summed E-state index contributed by atoms with van der Waals surface area (Å²) >= 11 is 0. The molecule has 176 valence electrons. The molecule has 0 spiro atoms. The summed E-state index contributed by atoms with van der Waals surface area (Å²) in [6, 6.07) is 14.0. The van der Waals surface area contributed by atoms with Gasteiger partial charge in [0, 0.05) is 37.2 Å². The lowest BCUT2D eigenvalue weighted by molar-refractivity contribution is -0.131. The second kappa shape index (κ2) is 11.4. The van der Waals surface area contributed by atoms with E-state index in [1.54, 1.807) is 30.0 Å². The minimum absolute atomic E-state index is 0.125. The summed E-state index contributed by atoms with van der Waals surface area (Å²) in [7, 11) is 3.08. The van der Waals surface area contributed by atoms with Crippen LogP contribution in [0.25, 0.3) is 0 Å². The molecule has 3 amide bonds. The van der Waals surface area contributed by atoms with Gasteiger partial charge in [0.25, 0.3) is 5.91 Å². The van der Waals surface area contributed by atoms with Crippen molar-refractivity contribution in [2.24, 2.45) is 5.92 Å². The zero-order valence-electron chi connectivity index (χ0n) is 19.3. The molecule has 1 atom stereocenters. The first-order valence-electron chi connectivity index (χ1n) is 11.1. The van der Waals surface area contributed by atoms with Gasteiger partial charge in [-0.05, 0) is 37.5 Å². The van der Waals surface area contributed by atoms with Crippen LogP contribution in [0.4, 0.5) is 0 Å². The lowest BCUT2D eigenvalue weighted by atomic mass is 9.95. The van der Waals surface area contributed by atoms with Gasteiger partial charge in [0.15, 0.2) is 0 Å². The molecule has 2 aromatic carbocycles. The molecule has 0 aromatic heterocycles. The third-order valence-electron chi connectivity index (χ3n) is 5.81. The average molecular weight is 454 g/mol. The van der Waals surface area contributed by atoms with Crippen molar-refractivity contribution in [2.45, 2.75) is 32.4 Å². The molecule has 33 heavy (non-hydrogen) atoms. The maximum absolute atomic E-state index is 12.9. The zero-order valence-corrected chi connectivity index (χ0v) is 19.3. The molecule has 1 heterocycles. The summed E-state index contributed by atoms with van der Waals surface area (Å²) in [5, 5.41) is 5.64. The number of benzene rings is 2. The fourth-order valence-corrected chi connectivity index (χ4v) is 3.79. The molecular weight excluding hydrogens is 422 g/mol. The number of carbonyl (C=O) groups excluding carboxylic acids is 3. The van der Waals surface area contributed by atoms with E-state index in [2.05, 4.69) is 10.6 Å². The van der Waals surface area contributed by atoms with Gasteiger partial charge < -0.3 is 25.0 Å². The largest absolute Gasteiger partial charge is 0.497 e. The molecule has 1 aliphatic rings. The minimum atomic E-state index is -0.634. The van der Waals surface area contributed by atoms with Gasteiger partial charge in [0.05, 0.1) is 14.2 Å². The van der Waals surface area contributed by atoms with Crippen molar-refractivity contribution < 1.29 is 23.9 Å². The van der Waals surface area contributed by atoms with Gasteiger partial charge in [0.1, 0.15) is 17.5 Å². The molecule has 8 heteroatoms. The third-order valence-corrected chi connectivity index (χ3v) is 5.81. The summed E-state index contributed by atoms with van der Waals surface area (Å²) in [6.07, 6.45) is 1.08. The highest BCUT2D eigenvalue weighted by atomic mass is 16.5. The first-order valence-corrected chi connectivity index (χ1v) is 11.1. The van der Waals surface area contributed by atoms with Crippen LogP contribution in [-0.4, -0.2) is 56.0 Å². The molecule has 0 saturated carbocycles. The SMILES string of the molecule is COc1cc(OC)cc(C(=O)N2CCC(C(=O)NC(C)C(=O)NCc3ccccc3)CC2)c1. The van der Waals surface area contributed by atoms with Crippen LogP contribution in [-0.2, 0) is 16.1 Å². The van der Waals surface area contributed by atoms with Gasteiger partial charge >= 0.3 is 0 Å². The van der Waals surface area contributed by atoms with Crippen LogP contribution >= 0.6 is 0 Å². The highest BCUT2D eigenvalue weighted by molar-refractivity contribution is 5.95. The maximum Gasteiger partial charge on any atom is 0.254 e. The third kappa shape index (κ3) is 6.47. The van der Waals surface area contributed by atoms with Crippen LogP contribution in [0.3, 0.4) is 0 Å². The van der Waals surface area contributed by atoms with Gasteiger partial charge in [-0.2, -0.15) is 0 Å². The molecule has 1 aliphatic heterocycles.